The molecule has 0 aliphatic carbocycles. The average Bonchev–Trinajstić information content (AvgIpc) is 2.81. The van der Waals surface area contributed by atoms with Crippen molar-refractivity contribution in [3.8, 4) is 5.75 Å². The Morgan fingerprint density at radius 3 is 2.02 bits per heavy atom. The van der Waals surface area contributed by atoms with E-state index in [2.05, 4.69) is 15.5 Å². The van der Waals surface area contributed by atoms with Gasteiger partial charge in [-0.1, -0.05) is 40.9 Å². The summed E-state index contributed by atoms with van der Waals surface area (Å²) < 4.78 is 72.1. The summed E-state index contributed by atoms with van der Waals surface area (Å²) >= 11 is 17.8. The number of fused-ring (bicyclic) bond motifs is 1. The Bertz CT molecular complexity index is 1930. The molecular weight excluding hydrogens is 663 g/mol. The number of anilines is 1. The second-order valence-electron chi connectivity index (χ2n) is 7.77. The topological polar surface area (TPSA) is 188 Å². The van der Waals surface area contributed by atoms with Crippen molar-refractivity contribution in [2.24, 2.45) is 10.2 Å². The number of phenolic OH excluding ortho intramolecular Hbond substituents is 1. The summed E-state index contributed by atoms with van der Waals surface area (Å²) in [4.78, 5) is 10.8. The van der Waals surface area contributed by atoms with Gasteiger partial charge in [0.15, 0.2) is 5.75 Å². The van der Waals surface area contributed by atoms with Gasteiger partial charge in [-0.25, -0.2) is 16.8 Å². The zero-order chi connectivity index (χ0) is 28.7. The molecule has 0 radical (unpaired) electrons. The molecule has 1 amide bonds. The van der Waals surface area contributed by atoms with Crippen LogP contribution in [0.1, 0.15) is 10.4 Å². The number of amides is 1. The maximum Gasteiger partial charge on any atom is 1.00 e. The number of halogens is 3. The number of benzene rings is 4. The van der Waals surface area contributed by atoms with Crippen LogP contribution < -0.4 is 64.4 Å². The van der Waals surface area contributed by atoms with E-state index in [0.29, 0.717) is 6.07 Å². The zero-order valence-corrected chi connectivity index (χ0v) is 28.8. The molecule has 0 saturated carbocycles. The first-order valence-corrected chi connectivity index (χ1v) is 14.3. The summed E-state index contributed by atoms with van der Waals surface area (Å²) in [6, 6.07) is 12.1. The molecule has 41 heavy (non-hydrogen) atoms. The summed E-state index contributed by atoms with van der Waals surface area (Å²) in [5.74, 6) is -1.89. The first kappa shape index (κ1) is 35.9. The molecule has 0 aliphatic heterocycles. The van der Waals surface area contributed by atoms with E-state index in [0.717, 1.165) is 12.1 Å². The average molecular weight is 675 g/mol. The minimum atomic E-state index is -5.41. The van der Waals surface area contributed by atoms with Gasteiger partial charge in [0, 0.05) is 15.4 Å². The van der Waals surface area contributed by atoms with Crippen molar-refractivity contribution in [3.63, 3.8) is 0 Å². The molecule has 0 aromatic heterocycles. The zero-order valence-electron chi connectivity index (χ0n) is 20.9. The molecule has 0 saturated heterocycles. The Morgan fingerprint density at radius 1 is 0.805 bits per heavy atom. The van der Waals surface area contributed by atoms with Gasteiger partial charge >= 0.3 is 59.1 Å². The van der Waals surface area contributed by atoms with E-state index in [-0.39, 0.29) is 91.1 Å². The summed E-state index contributed by atoms with van der Waals surface area (Å²) in [5, 5.41) is 20.3. The number of aromatic hydroxyl groups is 1. The number of hydrogen-bond donors (Lipinski definition) is 2. The number of carbonyl (C=O) groups is 1. The predicted molar refractivity (Wildman–Crippen MR) is 142 cm³/mol. The van der Waals surface area contributed by atoms with Crippen LogP contribution >= 0.6 is 34.8 Å². The summed E-state index contributed by atoms with van der Waals surface area (Å²) in [7, 11) is -10.7. The monoisotopic (exact) mass is 673 g/mol. The molecule has 202 valence electrons. The standard InChI is InChI=1S/C23H14Cl3N3O8S2.2Na/c24-11-2-1-3-13(8-11)28-29-21-19(39(35,36)37)10-15-18(38(32,33)34)7-6-17(20(15)22(21)30)27-23(31)14-5-4-12(25)9-16(14)26;;/h1-10,30H,(H,27,31)(H,32,33,34)(H,35,36,37);;/q;2*+1/p-2. The van der Waals surface area contributed by atoms with E-state index >= 15 is 0 Å². The van der Waals surface area contributed by atoms with Crippen LogP contribution in [0.2, 0.25) is 15.1 Å². The molecule has 0 fully saturated rings. The Kier molecular flexibility index (Phi) is 12.2. The van der Waals surface area contributed by atoms with Crippen molar-refractivity contribution >= 4 is 88.8 Å². The number of azo groups is 1. The van der Waals surface area contributed by atoms with Crippen molar-refractivity contribution < 1.29 is 95.0 Å². The SMILES string of the molecule is O=C(Nc1ccc(S(=O)(=O)[O-])c2cc(S(=O)(=O)[O-])c(N=Nc3cccc(Cl)c3)c(O)c12)c1ccc(Cl)cc1Cl.[Na+].[Na+]. The number of hydrogen-bond acceptors (Lipinski definition) is 10. The van der Waals surface area contributed by atoms with E-state index in [9.17, 15) is 35.8 Å². The van der Waals surface area contributed by atoms with Crippen molar-refractivity contribution in [3.05, 3.63) is 81.3 Å². The Labute approximate surface area is 293 Å². The van der Waals surface area contributed by atoms with E-state index in [4.69, 9.17) is 34.8 Å². The number of nitrogens with zero attached hydrogens (tertiary/aromatic N) is 2. The first-order chi connectivity index (χ1) is 18.2. The third kappa shape index (κ3) is 8.21. The molecule has 4 rings (SSSR count). The molecule has 0 atom stereocenters. The number of rotatable bonds is 6. The summed E-state index contributed by atoms with van der Waals surface area (Å²) in [6.45, 7) is 0. The van der Waals surface area contributed by atoms with Crippen LogP contribution in [-0.2, 0) is 20.2 Å². The maximum atomic E-state index is 12.9. The molecule has 0 unspecified atom stereocenters. The molecule has 2 N–H and O–H groups in total. The van der Waals surface area contributed by atoms with Gasteiger partial charge in [-0.2, -0.15) is 5.11 Å². The smallest absolute Gasteiger partial charge is 0.744 e. The minimum Gasteiger partial charge on any atom is -0.744 e. The third-order valence-electron chi connectivity index (χ3n) is 5.21. The number of nitrogens with one attached hydrogen (secondary N) is 1. The Balaban J connectivity index is 0.00000294. The van der Waals surface area contributed by atoms with Gasteiger partial charge in [-0.3, -0.25) is 4.79 Å². The molecular formula is C23H12Cl3N3Na2O8S2. The van der Waals surface area contributed by atoms with Crippen molar-refractivity contribution in [2.75, 3.05) is 5.32 Å². The first-order valence-electron chi connectivity index (χ1n) is 10.3. The Hall–Kier alpha value is -1.30. The largest absolute Gasteiger partial charge is 1.00 e. The molecule has 4 aromatic carbocycles. The fourth-order valence-corrected chi connectivity index (χ4v) is 5.53. The fraction of sp³-hybridized carbons (Fsp3) is 0. The summed E-state index contributed by atoms with van der Waals surface area (Å²) in [5.41, 5.74) is -1.11. The minimum absolute atomic E-state index is 0. The van der Waals surface area contributed by atoms with Gasteiger partial charge in [-0.05, 0) is 54.6 Å². The molecule has 0 spiro atoms. The van der Waals surface area contributed by atoms with Crippen molar-refractivity contribution in [2.45, 2.75) is 9.79 Å². The van der Waals surface area contributed by atoms with Crippen LogP contribution in [0.25, 0.3) is 10.8 Å². The van der Waals surface area contributed by atoms with Crippen LogP contribution in [-0.4, -0.2) is 37.0 Å². The van der Waals surface area contributed by atoms with E-state index < -0.39 is 58.1 Å². The van der Waals surface area contributed by atoms with Crippen LogP contribution in [0.4, 0.5) is 17.1 Å². The van der Waals surface area contributed by atoms with Crippen molar-refractivity contribution in [1.82, 2.24) is 0 Å². The van der Waals surface area contributed by atoms with Gasteiger partial charge in [0.2, 0.25) is 0 Å². The maximum absolute atomic E-state index is 12.9. The van der Waals surface area contributed by atoms with Gasteiger partial charge in [0.25, 0.3) is 5.91 Å². The van der Waals surface area contributed by atoms with Crippen LogP contribution in [0.5, 0.6) is 5.75 Å². The second kappa shape index (κ2) is 14.0. The van der Waals surface area contributed by atoms with E-state index in [1.54, 1.807) is 0 Å². The van der Waals surface area contributed by atoms with Gasteiger partial charge in [-0.15, -0.1) is 5.11 Å². The molecule has 0 heterocycles. The fourth-order valence-electron chi connectivity index (χ4n) is 3.55. The molecule has 0 aliphatic rings. The van der Waals surface area contributed by atoms with E-state index in [1.165, 1.54) is 42.5 Å². The van der Waals surface area contributed by atoms with Crippen LogP contribution in [0, 0.1) is 0 Å². The Morgan fingerprint density at radius 2 is 1.44 bits per heavy atom. The molecule has 18 heteroatoms. The normalized spacial score (nSPS) is 11.6. The molecule has 4 aromatic rings. The molecule has 0 bridgehead atoms. The summed E-state index contributed by atoms with van der Waals surface area (Å²) in [6.07, 6.45) is 0. The number of phenols is 1. The quantitative estimate of drug-likeness (QED) is 0.162. The van der Waals surface area contributed by atoms with Gasteiger partial charge in [0.05, 0.1) is 37.1 Å². The van der Waals surface area contributed by atoms with Crippen LogP contribution in [0.15, 0.2) is 80.7 Å². The molecule has 11 nitrogen and oxygen atoms in total. The number of carbonyl (C=O) groups excluding carboxylic acids is 1. The van der Waals surface area contributed by atoms with Gasteiger partial charge < -0.3 is 19.5 Å². The third-order valence-corrected chi connectivity index (χ3v) is 7.74. The van der Waals surface area contributed by atoms with Crippen LogP contribution in [0.3, 0.4) is 0 Å². The predicted octanol–water partition coefficient (Wildman–Crippen LogP) is -0.0105. The van der Waals surface area contributed by atoms with Gasteiger partial charge in [0.1, 0.15) is 25.9 Å². The van der Waals surface area contributed by atoms with E-state index in [1.807, 2.05) is 0 Å². The second-order valence-corrected chi connectivity index (χ2v) is 11.7. The van der Waals surface area contributed by atoms with Crippen molar-refractivity contribution in [1.29, 1.82) is 0 Å².